The van der Waals surface area contributed by atoms with E-state index in [0.717, 1.165) is 23.4 Å². The first kappa shape index (κ1) is 19.7. The lowest BCUT2D eigenvalue weighted by Crippen LogP contribution is -2.02. The molecule has 1 N–H and O–H groups in total. The summed E-state index contributed by atoms with van der Waals surface area (Å²) in [7, 11) is 0. The minimum Gasteiger partial charge on any atom is -0.478 e. The topological polar surface area (TPSA) is 80.9 Å². The first-order valence-electron chi connectivity index (χ1n) is 9.77. The Hall–Kier alpha value is -4.20. The molecule has 0 atom stereocenters. The Morgan fingerprint density at radius 1 is 0.906 bits per heavy atom. The molecule has 158 valence electrons. The minimum absolute atomic E-state index is 0.00284. The maximum atomic E-state index is 14.8. The molecule has 6 nitrogen and oxygen atoms in total. The second-order valence-electron chi connectivity index (χ2n) is 7.46. The zero-order valence-electron chi connectivity index (χ0n) is 17.1. The van der Waals surface area contributed by atoms with Crippen LogP contribution in [-0.4, -0.2) is 30.6 Å². The standard InChI is InChI=1S/C24H16F2N4O2/c1-12-9-14(5-7-27-12)15-10-16(24(31)32)22-20(11-15)30(13(2)29-22)19-6-8-28-23-18(26)4-3-17(25)21(19)23/h3-11H,1-2H3,(H,31,32). The first-order valence-corrected chi connectivity index (χ1v) is 9.77. The lowest BCUT2D eigenvalue weighted by Gasteiger charge is -2.12. The van der Waals surface area contributed by atoms with Crippen LogP contribution in [0.25, 0.3) is 38.8 Å². The quantitative estimate of drug-likeness (QED) is 0.424. The number of aromatic nitrogens is 4. The summed E-state index contributed by atoms with van der Waals surface area (Å²) in [5.41, 5.74) is 3.15. The molecule has 0 fully saturated rings. The number of imidazole rings is 1. The molecule has 0 spiro atoms. The Labute approximate surface area is 180 Å². The summed E-state index contributed by atoms with van der Waals surface area (Å²) in [6.45, 7) is 3.53. The monoisotopic (exact) mass is 430 g/mol. The van der Waals surface area contributed by atoms with Crippen molar-refractivity contribution in [3.05, 3.63) is 83.6 Å². The molecule has 2 aromatic carbocycles. The fourth-order valence-corrected chi connectivity index (χ4v) is 4.02. The third-order valence-corrected chi connectivity index (χ3v) is 5.40. The van der Waals surface area contributed by atoms with Crippen molar-refractivity contribution >= 4 is 27.9 Å². The average Bonchev–Trinajstić information content (AvgIpc) is 3.10. The second kappa shape index (κ2) is 7.19. The highest BCUT2D eigenvalue weighted by molar-refractivity contribution is 6.04. The number of aryl methyl sites for hydroxylation is 2. The van der Waals surface area contributed by atoms with Gasteiger partial charge in [0.25, 0.3) is 0 Å². The predicted molar refractivity (Wildman–Crippen MR) is 116 cm³/mol. The average molecular weight is 430 g/mol. The molecule has 0 aliphatic carbocycles. The van der Waals surface area contributed by atoms with Gasteiger partial charge in [0.2, 0.25) is 0 Å². The number of hydrogen-bond donors (Lipinski definition) is 1. The largest absolute Gasteiger partial charge is 0.478 e. The van der Waals surface area contributed by atoms with Gasteiger partial charge in [-0.25, -0.2) is 18.6 Å². The molecule has 3 heterocycles. The van der Waals surface area contributed by atoms with E-state index >= 15 is 0 Å². The van der Waals surface area contributed by atoms with Crippen molar-refractivity contribution in [3.8, 4) is 16.8 Å². The lowest BCUT2D eigenvalue weighted by atomic mass is 10.0. The molecule has 0 saturated carbocycles. The highest BCUT2D eigenvalue weighted by Gasteiger charge is 2.21. The molecule has 0 aliphatic heterocycles. The van der Waals surface area contributed by atoms with Gasteiger partial charge >= 0.3 is 5.97 Å². The Kier molecular flexibility index (Phi) is 4.44. The molecule has 0 bridgehead atoms. The van der Waals surface area contributed by atoms with Crippen molar-refractivity contribution in [2.45, 2.75) is 13.8 Å². The lowest BCUT2D eigenvalue weighted by molar-refractivity contribution is 0.0699. The molecule has 0 radical (unpaired) electrons. The SMILES string of the molecule is Cc1cc(-c2cc(C(=O)O)c3nc(C)n(-c4ccnc5c(F)ccc(F)c45)c3c2)ccn1. The molecule has 5 rings (SSSR count). The van der Waals surface area contributed by atoms with Gasteiger partial charge in [-0.1, -0.05) is 0 Å². The van der Waals surface area contributed by atoms with Gasteiger partial charge < -0.3 is 5.11 Å². The number of pyridine rings is 2. The number of carboxylic acid groups (broad SMARTS) is 1. The van der Waals surface area contributed by atoms with Gasteiger partial charge in [0.15, 0.2) is 0 Å². The Morgan fingerprint density at radius 2 is 1.66 bits per heavy atom. The van der Waals surface area contributed by atoms with E-state index in [2.05, 4.69) is 15.0 Å². The molecule has 0 unspecified atom stereocenters. The van der Waals surface area contributed by atoms with Crippen LogP contribution in [0.2, 0.25) is 0 Å². The molecule has 0 amide bonds. The third-order valence-electron chi connectivity index (χ3n) is 5.40. The van der Waals surface area contributed by atoms with Crippen LogP contribution >= 0.6 is 0 Å². The van der Waals surface area contributed by atoms with E-state index in [1.165, 1.54) is 6.20 Å². The van der Waals surface area contributed by atoms with Crippen molar-refractivity contribution < 1.29 is 18.7 Å². The highest BCUT2D eigenvalue weighted by atomic mass is 19.1. The van der Waals surface area contributed by atoms with E-state index in [9.17, 15) is 18.7 Å². The van der Waals surface area contributed by atoms with Crippen molar-refractivity contribution in [2.75, 3.05) is 0 Å². The van der Waals surface area contributed by atoms with Crippen LogP contribution in [0.3, 0.4) is 0 Å². The van der Waals surface area contributed by atoms with E-state index in [4.69, 9.17) is 0 Å². The summed E-state index contributed by atoms with van der Waals surface area (Å²) in [4.78, 5) is 24.7. The fourth-order valence-electron chi connectivity index (χ4n) is 4.02. The van der Waals surface area contributed by atoms with Gasteiger partial charge in [-0.2, -0.15) is 0 Å². The van der Waals surface area contributed by atoms with Gasteiger partial charge in [-0.15, -0.1) is 0 Å². The Bertz CT molecular complexity index is 1560. The van der Waals surface area contributed by atoms with Gasteiger partial charge in [0.1, 0.15) is 28.5 Å². The zero-order chi connectivity index (χ0) is 22.6. The summed E-state index contributed by atoms with van der Waals surface area (Å²) < 4.78 is 30.8. The van der Waals surface area contributed by atoms with Crippen molar-refractivity contribution in [2.24, 2.45) is 0 Å². The molecule has 3 aromatic heterocycles. The molecule has 32 heavy (non-hydrogen) atoms. The van der Waals surface area contributed by atoms with E-state index in [1.807, 2.05) is 13.0 Å². The Balaban J connectivity index is 1.90. The highest BCUT2D eigenvalue weighted by Crippen LogP contribution is 2.33. The molecule has 0 aliphatic rings. The van der Waals surface area contributed by atoms with Crippen LogP contribution in [-0.2, 0) is 0 Å². The normalized spacial score (nSPS) is 11.4. The van der Waals surface area contributed by atoms with Crippen molar-refractivity contribution in [1.82, 2.24) is 19.5 Å². The van der Waals surface area contributed by atoms with Crippen molar-refractivity contribution in [3.63, 3.8) is 0 Å². The number of nitrogens with zero attached hydrogens (tertiary/aromatic N) is 4. The number of benzene rings is 2. The van der Waals surface area contributed by atoms with Crippen LogP contribution < -0.4 is 0 Å². The number of halogens is 2. The van der Waals surface area contributed by atoms with E-state index in [-0.39, 0.29) is 22.0 Å². The van der Waals surface area contributed by atoms with Crippen LogP contribution in [0, 0.1) is 25.5 Å². The van der Waals surface area contributed by atoms with Crippen LogP contribution in [0.15, 0.2) is 54.9 Å². The third kappa shape index (κ3) is 2.99. The van der Waals surface area contributed by atoms with Gasteiger partial charge in [-0.3, -0.25) is 14.5 Å². The first-order chi connectivity index (χ1) is 15.3. The number of rotatable bonds is 3. The number of carbonyl (C=O) groups is 1. The Morgan fingerprint density at radius 3 is 2.41 bits per heavy atom. The molecular formula is C24H16F2N4O2. The summed E-state index contributed by atoms with van der Waals surface area (Å²) >= 11 is 0. The fraction of sp³-hybridized carbons (Fsp3) is 0.0833. The molecule has 8 heteroatoms. The summed E-state index contributed by atoms with van der Waals surface area (Å²) in [5, 5.41) is 9.85. The number of hydrogen-bond acceptors (Lipinski definition) is 4. The van der Waals surface area contributed by atoms with Gasteiger partial charge in [0.05, 0.1) is 22.2 Å². The molecule has 5 aromatic rings. The van der Waals surface area contributed by atoms with Crippen molar-refractivity contribution in [1.29, 1.82) is 0 Å². The van der Waals surface area contributed by atoms with Crippen LogP contribution in [0.5, 0.6) is 0 Å². The van der Waals surface area contributed by atoms with E-state index < -0.39 is 17.6 Å². The number of carboxylic acids is 1. The van der Waals surface area contributed by atoms with E-state index in [1.54, 1.807) is 42.0 Å². The van der Waals surface area contributed by atoms with Crippen LogP contribution in [0.1, 0.15) is 21.9 Å². The van der Waals surface area contributed by atoms with Crippen LogP contribution in [0.4, 0.5) is 8.78 Å². The maximum Gasteiger partial charge on any atom is 0.337 e. The zero-order valence-corrected chi connectivity index (χ0v) is 17.1. The summed E-state index contributed by atoms with van der Waals surface area (Å²) in [6.07, 6.45) is 3.03. The maximum absolute atomic E-state index is 14.8. The summed E-state index contributed by atoms with van der Waals surface area (Å²) in [6, 6.07) is 10.6. The molecule has 0 saturated heterocycles. The smallest absolute Gasteiger partial charge is 0.337 e. The minimum atomic E-state index is -1.14. The van der Waals surface area contributed by atoms with Gasteiger partial charge in [0, 0.05) is 18.1 Å². The van der Waals surface area contributed by atoms with Gasteiger partial charge in [-0.05, 0) is 67.4 Å². The number of aromatic carboxylic acids is 1. The van der Waals surface area contributed by atoms with E-state index in [0.29, 0.717) is 22.6 Å². The molecular weight excluding hydrogens is 414 g/mol. The second-order valence-corrected chi connectivity index (χ2v) is 7.46. The number of fused-ring (bicyclic) bond motifs is 2. The summed E-state index contributed by atoms with van der Waals surface area (Å²) in [5.74, 6) is -1.99. The predicted octanol–water partition coefficient (Wildman–Crippen LogP) is 5.23.